The smallest absolute Gasteiger partial charge is 1.00 e. The summed E-state index contributed by atoms with van der Waals surface area (Å²) in [4.78, 5) is 31.8. The van der Waals surface area contributed by atoms with E-state index in [9.17, 15) is 9.59 Å². The Morgan fingerprint density at radius 1 is 1.40 bits per heavy atom. The van der Waals surface area contributed by atoms with Crippen LogP contribution in [0.25, 0.3) is 11.0 Å². The Labute approximate surface area is 171 Å². The van der Waals surface area contributed by atoms with Crippen molar-refractivity contribution < 1.29 is 45.7 Å². The van der Waals surface area contributed by atoms with Gasteiger partial charge in [-0.2, -0.15) is 0 Å². The molecule has 3 aliphatic rings. The van der Waals surface area contributed by atoms with Crippen LogP contribution in [0, 0.1) is 0 Å². The Morgan fingerprint density at radius 3 is 3.00 bits per heavy atom. The summed E-state index contributed by atoms with van der Waals surface area (Å²) in [5.74, 6) is -1.26. The number of aryl methyl sites for hydroxylation is 2. The summed E-state index contributed by atoms with van der Waals surface area (Å²) in [5, 5.41) is 9.11. The first-order valence-corrected chi connectivity index (χ1v) is 8.93. The maximum Gasteiger partial charge on any atom is 1.00 e. The largest absolute Gasteiger partial charge is 1.00 e. The minimum atomic E-state index is -1.04. The second-order valence-electron chi connectivity index (χ2n) is 6.42. The molecule has 1 N–H and O–H groups in total. The van der Waals surface area contributed by atoms with Crippen molar-refractivity contribution in [1.29, 1.82) is 0 Å². The van der Waals surface area contributed by atoms with Gasteiger partial charge in [0.2, 0.25) is 0 Å². The van der Waals surface area contributed by atoms with E-state index in [1.807, 2.05) is 12.3 Å². The Balaban J connectivity index is 0.000000980. The van der Waals surface area contributed by atoms with E-state index in [4.69, 9.17) is 5.11 Å². The molecule has 1 unspecified atom stereocenters. The molecule has 1 atom stereocenters. The van der Waals surface area contributed by atoms with E-state index in [1.165, 1.54) is 28.3 Å². The molecule has 1 saturated heterocycles. The summed E-state index contributed by atoms with van der Waals surface area (Å²) in [6.45, 7) is 0. The predicted octanol–water partition coefficient (Wildman–Crippen LogP) is -0.642. The maximum absolute atomic E-state index is 12.3. The van der Waals surface area contributed by atoms with Crippen molar-refractivity contribution in [2.45, 2.75) is 38.1 Å². The molecule has 1 fully saturated rings. The second-order valence-corrected chi connectivity index (χ2v) is 7.48. The molecule has 4 heterocycles. The van der Waals surface area contributed by atoms with Crippen LogP contribution in [0.2, 0.25) is 0 Å². The zero-order chi connectivity index (χ0) is 16.4. The average Bonchev–Trinajstić information content (AvgIpc) is 3.22. The number of amides is 1. The fourth-order valence-corrected chi connectivity index (χ4v) is 5.08. The third-order valence-corrected chi connectivity index (χ3v) is 6.20. The van der Waals surface area contributed by atoms with Gasteiger partial charge in [0, 0.05) is 22.3 Å². The van der Waals surface area contributed by atoms with E-state index < -0.39 is 5.97 Å². The number of thiazole rings is 1. The first-order chi connectivity index (χ1) is 11.6. The Kier molecular flexibility index (Phi) is 4.15. The monoisotopic (exact) mass is 365 g/mol. The van der Waals surface area contributed by atoms with Crippen molar-refractivity contribution in [2.75, 3.05) is 0 Å². The van der Waals surface area contributed by atoms with Crippen LogP contribution < -0.4 is 29.6 Å². The molecule has 0 radical (unpaired) electrons. The minimum Gasteiger partial charge on any atom is -1.00 e. The van der Waals surface area contributed by atoms with Gasteiger partial charge in [-0.1, -0.05) is 6.08 Å². The van der Waals surface area contributed by atoms with Crippen molar-refractivity contribution in [1.82, 2.24) is 14.3 Å². The van der Waals surface area contributed by atoms with Crippen LogP contribution in [0.4, 0.5) is 0 Å². The molecular formula is C17H16N3NaO3S. The zero-order valence-corrected chi connectivity index (χ0v) is 16.7. The minimum absolute atomic E-state index is 0. The molecule has 124 valence electrons. The predicted molar refractivity (Wildman–Crippen MR) is 89.8 cm³/mol. The molecule has 1 amide bonds. The van der Waals surface area contributed by atoms with E-state index in [2.05, 4.69) is 9.38 Å². The number of hydrogen-bond acceptors (Lipinski definition) is 4. The molecule has 0 aromatic carbocycles. The van der Waals surface area contributed by atoms with Crippen molar-refractivity contribution >= 4 is 34.3 Å². The Bertz CT molecular complexity index is 977. The van der Waals surface area contributed by atoms with Gasteiger partial charge in [0.15, 0.2) is 4.96 Å². The summed E-state index contributed by atoms with van der Waals surface area (Å²) in [6, 6.07) is -0.141. The third-order valence-electron chi connectivity index (χ3n) is 5.04. The number of carboxylic acids is 1. The van der Waals surface area contributed by atoms with Crippen molar-refractivity contribution in [3.63, 3.8) is 0 Å². The van der Waals surface area contributed by atoms with Crippen LogP contribution in [0.3, 0.4) is 0 Å². The van der Waals surface area contributed by atoms with E-state index in [1.54, 1.807) is 17.4 Å². The molecule has 0 spiro atoms. The van der Waals surface area contributed by atoms with Crippen LogP contribution in [-0.4, -0.2) is 37.3 Å². The number of carboxylic acid groups (broad SMARTS) is 1. The molecular weight excluding hydrogens is 349 g/mol. The quantitative estimate of drug-likeness (QED) is 0.436. The molecule has 2 aliphatic heterocycles. The van der Waals surface area contributed by atoms with Crippen LogP contribution >= 0.6 is 11.3 Å². The Morgan fingerprint density at radius 2 is 2.20 bits per heavy atom. The van der Waals surface area contributed by atoms with Gasteiger partial charge in [0.05, 0.1) is 11.7 Å². The van der Waals surface area contributed by atoms with Gasteiger partial charge in [-0.25, -0.2) is 9.78 Å². The van der Waals surface area contributed by atoms with Crippen molar-refractivity contribution in [2.24, 2.45) is 0 Å². The number of aliphatic carboxylic acids is 1. The van der Waals surface area contributed by atoms with Gasteiger partial charge >= 0.3 is 35.5 Å². The molecule has 8 heteroatoms. The topological polar surface area (TPSA) is 74.9 Å². The van der Waals surface area contributed by atoms with Crippen LogP contribution in [-0.2, 0) is 22.4 Å². The zero-order valence-electron chi connectivity index (χ0n) is 14.9. The Hall–Kier alpha value is -1.41. The SMILES string of the molecule is O=C(O)C1=CCC2C(=Cc3cn4c5c(sc4n3)CCCC5)C(=O)N12.[H-].[Na+]. The van der Waals surface area contributed by atoms with E-state index >= 15 is 0 Å². The number of hydrogen-bond donors (Lipinski definition) is 1. The van der Waals surface area contributed by atoms with Crippen LogP contribution in [0.15, 0.2) is 23.5 Å². The molecule has 0 saturated carbocycles. The summed E-state index contributed by atoms with van der Waals surface area (Å²) in [6.07, 6.45) is 10.7. The summed E-state index contributed by atoms with van der Waals surface area (Å²) in [7, 11) is 0. The summed E-state index contributed by atoms with van der Waals surface area (Å²) >= 11 is 1.74. The fraction of sp³-hybridized carbons (Fsp3) is 0.353. The van der Waals surface area contributed by atoms with Gasteiger partial charge in [0.25, 0.3) is 5.91 Å². The molecule has 5 rings (SSSR count). The van der Waals surface area contributed by atoms with E-state index in [0.29, 0.717) is 12.0 Å². The maximum atomic E-state index is 12.3. The van der Waals surface area contributed by atoms with Gasteiger partial charge in [-0.15, -0.1) is 11.3 Å². The number of carbonyl (C=O) groups is 2. The normalized spacial score (nSPS) is 23.1. The fourth-order valence-electron chi connectivity index (χ4n) is 3.89. The standard InChI is InChI=1S/C17H15N3O3S.Na.H/c21-15-10(11-5-6-13(16(22)23)20(11)15)7-9-8-19-12-3-1-2-4-14(12)24-17(19)18-9;;/h6-8,11H,1-5H2,(H,22,23);;/q;+1;-1. The number of fused-ring (bicyclic) bond motifs is 4. The van der Waals surface area contributed by atoms with Crippen LogP contribution in [0.1, 0.15) is 37.0 Å². The number of β-lactam (4-membered cyclic amide) rings is 1. The molecule has 6 nitrogen and oxygen atoms in total. The summed E-state index contributed by atoms with van der Waals surface area (Å²) < 4.78 is 2.15. The van der Waals surface area contributed by atoms with Crippen molar-refractivity contribution in [3.05, 3.63) is 39.8 Å². The second kappa shape index (κ2) is 6.09. The first-order valence-electron chi connectivity index (χ1n) is 8.12. The molecule has 2 aromatic rings. The summed E-state index contributed by atoms with van der Waals surface area (Å²) in [5.41, 5.74) is 2.89. The van der Waals surface area contributed by atoms with Gasteiger partial charge < -0.3 is 6.53 Å². The first kappa shape index (κ1) is 17.0. The molecule has 25 heavy (non-hydrogen) atoms. The number of rotatable bonds is 2. The molecule has 1 aliphatic carbocycles. The molecule has 2 aromatic heterocycles. The van der Waals surface area contributed by atoms with E-state index in [-0.39, 0.29) is 48.6 Å². The van der Waals surface area contributed by atoms with Gasteiger partial charge in [-0.3, -0.25) is 14.1 Å². The number of nitrogens with zero attached hydrogens (tertiary/aromatic N) is 3. The molecule has 0 bridgehead atoms. The number of carbonyl (C=O) groups excluding carboxylic acids is 1. The van der Waals surface area contributed by atoms with Crippen LogP contribution in [0.5, 0.6) is 0 Å². The van der Waals surface area contributed by atoms with E-state index in [0.717, 1.165) is 23.5 Å². The third kappa shape index (κ3) is 2.44. The number of imidazole rings is 1. The average molecular weight is 365 g/mol. The van der Waals surface area contributed by atoms with Gasteiger partial charge in [-0.05, 0) is 38.2 Å². The van der Waals surface area contributed by atoms with Crippen molar-refractivity contribution in [3.8, 4) is 0 Å². The van der Waals surface area contributed by atoms with Gasteiger partial charge in [0.1, 0.15) is 5.70 Å². The number of aromatic nitrogens is 2.